The lowest BCUT2D eigenvalue weighted by Crippen LogP contribution is -2.19. The predicted molar refractivity (Wildman–Crippen MR) is 73.4 cm³/mol. The number of nitrogens with one attached hydrogen (secondary N) is 1. The second-order valence-electron chi connectivity index (χ2n) is 4.60. The third-order valence-corrected chi connectivity index (χ3v) is 4.54. The van der Waals surface area contributed by atoms with Crippen LogP contribution >= 0.6 is 22.9 Å². The van der Waals surface area contributed by atoms with E-state index in [-0.39, 0.29) is 11.8 Å². The number of anilines is 1. The highest BCUT2D eigenvalue weighted by Gasteiger charge is 2.26. The Bertz CT molecular complexity index is 499. The lowest BCUT2D eigenvalue weighted by molar-refractivity contribution is -0.113. The van der Waals surface area contributed by atoms with Crippen LogP contribution < -0.4 is 11.1 Å². The number of hydrogen-bond acceptors (Lipinski definition) is 3. The molecule has 0 saturated carbocycles. The molecule has 1 aliphatic carbocycles. The average molecular weight is 287 g/mol. The molecule has 0 saturated heterocycles. The summed E-state index contributed by atoms with van der Waals surface area (Å²) in [7, 11) is 0. The Balaban J connectivity index is 2.40. The monoisotopic (exact) mass is 286 g/mol. The Hall–Kier alpha value is -1.07. The molecule has 1 aromatic heterocycles. The molecule has 1 heterocycles. The summed E-state index contributed by atoms with van der Waals surface area (Å²) >= 11 is 6.91. The van der Waals surface area contributed by atoms with Crippen LogP contribution in [0.1, 0.15) is 34.1 Å². The van der Waals surface area contributed by atoms with Crippen molar-refractivity contribution in [3.63, 3.8) is 0 Å². The van der Waals surface area contributed by atoms with Crippen LogP contribution in [0.2, 0.25) is 0 Å². The third kappa shape index (κ3) is 2.52. The number of amides is 2. The second kappa shape index (κ2) is 5.28. The maximum Gasteiger partial charge on any atom is 0.251 e. The highest BCUT2D eigenvalue weighted by molar-refractivity contribution is 7.17. The van der Waals surface area contributed by atoms with Gasteiger partial charge in [0.25, 0.3) is 5.91 Å². The molecule has 2 rings (SSSR count). The van der Waals surface area contributed by atoms with Gasteiger partial charge in [0.2, 0.25) is 5.91 Å². The minimum atomic E-state index is -0.480. The topological polar surface area (TPSA) is 72.2 Å². The Morgan fingerprint density at radius 1 is 1.56 bits per heavy atom. The number of fused-ring (bicyclic) bond motifs is 1. The summed E-state index contributed by atoms with van der Waals surface area (Å²) in [6.45, 7) is 2.18. The van der Waals surface area contributed by atoms with Gasteiger partial charge in [0.15, 0.2) is 0 Å². The zero-order valence-corrected chi connectivity index (χ0v) is 11.7. The molecule has 18 heavy (non-hydrogen) atoms. The van der Waals surface area contributed by atoms with Crippen molar-refractivity contribution in [2.24, 2.45) is 11.7 Å². The van der Waals surface area contributed by atoms with Crippen LogP contribution in [0.15, 0.2) is 0 Å². The highest BCUT2D eigenvalue weighted by atomic mass is 35.5. The Kier molecular flexibility index (Phi) is 3.92. The molecule has 2 amide bonds. The van der Waals surface area contributed by atoms with E-state index in [0.29, 0.717) is 16.5 Å². The van der Waals surface area contributed by atoms with Crippen LogP contribution in [0, 0.1) is 5.92 Å². The summed E-state index contributed by atoms with van der Waals surface area (Å²) < 4.78 is 0. The first-order chi connectivity index (χ1) is 8.52. The maximum absolute atomic E-state index is 11.6. The molecule has 4 nitrogen and oxygen atoms in total. The zero-order valence-electron chi connectivity index (χ0n) is 10.1. The Morgan fingerprint density at radius 3 is 2.89 bits per heavy atom. The number of carbonyl (C=O) groups excluding carboxylic acids is 2. The van der Waals surface area contributed by atoms with E-state index >= 15 is 0 Å². The fraction of sp³-hybridized carbons (Fsp3) is 0.500. The largest absolute Gasteiger partial charge is 0.365 e. The highest BCUT2D eigenvalue weighted by Crippen LogP contribution is 2.39. The van der Waals surface area contributed by atoms with E-state index in [2.05, 4.69) is 12.2 Å². The fourth-order valence-electron chi connectivity index (χ4n) is 2.26. The van der Waals surface area contributed by atoms with Gasteiger partial charge in [0.1, 0.15) is 10.9 Å². The zero-order chi connectivity index (χ0) is 13.3. The van der Waals surface area contributed by atoms with Crippen molar-refractivity contribution in [3.05, 3.63) is 16.0 Å². The number of thiophene rings is 1. The van der Waals surface area contributed by atoms with Gasteiger partial charge in [-0.1, -0.05) is 6.92 Å². The van der Waals surface area contributed by atoms with Crippen LogP contribution in [0.4, 0.5) is 5.00 Å². The van der Waals surface area contributed by atoms with E-state index < -0.39 is 5.91 Å². The number of hydrogen-bond donors (Lipinski definition) is 2. The first-order valence-corrected chi connectivity index (χ1v) is 7.18. The van der Waals surface area contributed by atoms with Gasteiger partial charge < -0.3 is 11.1 Å². The number of alkyl halides is 1. The van der Waals surface area contributed by atoms with Gasteiger partial charge in [0.05, 0.1) is 5.56 Å². The lowest BCUT2D eigenvalue weighted by Gasteiger charge is -2.18. The standard InChI is InChI=1S/C12H15ClN2O2S/c1-6-2-3-7-8(4-6)18-12(10(7)11(14)17)15-9(16)5-13/h6H,2-5H2,1H3,(H2,14,17)(H,15,16). The van der Waals surface area contributed by atoms with Crippen LogP contribution in [-0.2, 0) is 17.6 Å². The summed E-state index contributed by atoms with van der Waals surface area (Å²) in [4.78, 5) is 24.1. The van der Waals surface area contributed by atoms with Crippen LogP contribution in [-0.4, -0.2) is 17.7 Å². The molecular formula is C12H15ClN2O2S. The number of carbonyl (C=O) groups is 2. The second-order valence-corrected chi connectivity index (χ2v) is 5.97. The van der Waals surface area contributed by atoms with Crippen molar-refractivity contribution in [3.8, 4) is 0 Å². The molecule has 0 bridgehead atoms. The summed E-state index contributed by atoms with van der Waals surface area (Å²) in [5.41, 5.74) is 6.90. The number of nitrogens with two attached hydrogens (primary N) is 1. The van der Waals surface area contributed by atoms with Gasteiger partial charge in [-0.3, -0.25) is 9.59 Å². The summed E-state index contributed by atoms with van der Waals surface area (Å²) in [6.07, 6.45) is 2.84. The quantitative estimate of drug-likeness (QED) is 0.836. The molecule has 0 radical (unpaired) electrons. The molecular weight excluding hydrogens is 272 g/mol. The molecule has 1 aliphatic rings. The molecule has 0 aliphatic heterocycles. The number of primary amides is 1. The van der Waals surface area contributed by atoms with Crippen LogP contribution in [0.25, 0.3) is 0 Å². The molecule has 1 unspecified atom stereocenters. The van der Waals surface area contributed by atoms with Gasteiger partial charge >= 0.3 is 0 Å². The van der Waals surface area contributed by atoms with Gasteiger partial charge in [-0.2, -0.15) is 0 Å². The van der Waals surface area contributed by atoms with E-state index in [4.69, 9.17) is 17.3 Å². The minimum absolute atomic E-state index is 0.128. The van der Waals surface area contributed by atoms with E-state index in [1.807, 2.05) is 0 Å². The molecule has 0 fully saturated rings. The van der Waals surface area contributed by atoms with Crippen molar-refractivity contribution in [2.75, 3.05) is 11.2 Å². The lowest BCUT2D eigenvalue weighted by atomic mass is 9.88. The smallest absolute Gasteiger partial charge is 0.251 e. The van der Waals surface area contributed by atoms with Gasteiger partial charge in [-0.15, -0.1) is 22.9 Å². The van der Waals surface area contributed by atoms with Crippen molar-refractivity contribution >= 4 is 39.8 Å². The Morgan fingerprint density at radius 2 is 2.28 bits per heavy atom. The van der Waals surface area contributed by atoms with Crippen molar-refractivity contribution in [1.82, 2.24) is 0 Å². The maximum atomic E-state index is 11.6. The summed E-state index contributed by atoms with van der Waals surface area (Å²) in [5.74, 6) is -0.317. The molecule has 0 aromatic carbocycles. The molecule has 98 valence electrons. The molecule has 6 heteroatoms. The van der Waals surface area contributed by atoms with E-state index in [1.165, 1.54) is 11.3 Å². The Labute approximate surface area is 115 Å². The number of rotatable bonds is 3. The summed E-state index contributed by atoms with van der Waals surface area (Å²) in [6, 6.07) is 0. The predicted octanol–water partition coefficient (Wildman–Crippen LogP) is 2.15. The molecule has 3 N–H and O–H groups in total. The first kappa shape index (κ1) is 13.4. The molecule has 1 atom stereocenters. The average Bonchev–Trinajstić information content (AvgIpc) is 2.65. The first-order valence-electron chi connectivity index (χ1n) is 5.83. The van der Waals surface area contributed by atoms with Crippen molar-refractivity contribution in [1.29, 1.82) is 0 Å². The van der Waals surface area contributed by atoms with Gasteiger partial charge in [0, 0.05) is 4.88 Å². The van der Waals surface area contributed by atoms with Crippen LogP contribution in [0.3, 0.4) is 0 Å². The molecule has 1 aromatic rings. The van der Waals surface area contributed by atoms with Crippen molar-refractivity contribution in [2.45, 2.75) is 26.2 Å². The van der Waals surface area contributed by atoms with E-state index in [9.17, 15) is 9.59 Å². The third-order valence-electron chi connectivity index (χ3n) is 3.13. The van der Waals surface area contributed by atoms with Crippen LogP contribution in [0.5, 0.6) is 0 Å². The van der Waals surface area contributed by atoms with Gasteiger partial charge in [-0.05, 0) is 30.7 Å². The van der Waals surface area contributed by atoms with Crippen molar-refractivity contribution < 1.29 is 9.59 Å². The number of halogens is 1. The normalized spacial score (nSPS) is 18.2. The minimum Gasteiger partial charge on any atom is -0.365 e. The summed E-state index contributed by atoms with van der Waals surface area (Å²) in [5, 5.41) is 3.21. The van der Waals surface area contributed by atoms with E-state index in [1.54, 1.807) is 0 Å². The molecule has 0 spiro atoms. The van der Waals surface area contributed by atoms with Gasteiger partial charge in [-0.25, -0.2) is 0 Å². The fourth-order valence-corrected chi connectivity index (χ4v) is 3.76. The SMILES string of the molecule is CC1CCc2c(sc(NC(=O)CCl)c2C(N)=O)C1. The van der Waals surface area contributed by atoms with E-state index in [0.717, 1.165) is 29.7 Å².